The van der Waals surface area contributed by atoms with Crippen LogP contribution in [-0.4, -0.2) is 48.0 Å². The van der Waals surface area contributed by atoms with Gasteiger partial charge in [-0.2, -0.15) is 4.52 Å². The molecule has 11 heteroatoms. The van der Waals surface area contributed by atoms with Gasteiger partial charge in [-0.3, -0.25) is 0 Å². The summed E-state index contributed by atoms with van der Waals surface area (Å²) < 4.78 is 40.3. The fourth-order valence-electron chi connectivity index (χ4n) is 3.12. The Labute approximate surface area is 202 Å². The van der Waals surface area contributed by atoms with Gasteiger partial charge in [0.1, 0.15) is 12.4 Å². The van der Waals surface area contributed by atoms with Crippen LogP contribution in [0.5, 0.6) is 11.6 Å². The van der Waals surface area contributed by atoms with E-state index in [9.17, 15) is 8.42 Å². The molecule has 1 N–H and O–H groups in total. The van der Waals surface area contributed by atoms with Crippen molar-refractivity contribution in [2.24, 2.45) is 0 Å². The molecule has 9 nitrogen and oxygen atoms in total. The Morgan fingerprint density at radius 2 is 1.76 bits per heavy atom. The quantitative estimate of drug-likeness (QED) is 0.310. The fraction of sp³-hybridized carbons (Fsp3) is 0.261. The van der Waals surface area contributed by atoms with E-state index in [0.717, 1.165) is 12.8 Å². The molecule has 0 fully saturated rings. The van der Waals surface area contributed by atoms with Gasteiger partial charge >= 0.3 is 0 Å². The van der Waals surface area contributed by atoms with E-state index >= 15 is 0 Å². The van der Waals surface area contributed by atoms with Gasteiger partial charge in [-0.05, 0) is 48.9 Å². The highest BCUT2D eigenvalue weighted by atomic mass is 35.5. The second kappa shape index (κ2) is 10.8. The van der Waals surface area contributed by atoms with Gasteiger partial charge in [0, 0.05) is 18.2 Å². The molecular formula is C23H24ClN5O4S. The predicted octanol–water partition coefficient (Wildman–Crippen LogP) is 3.98. The first-order valence-electron chi connectivity index (χ1n) is 10.8. The first kappa shape index (κ1) is 23.9. The minimum Gasteiger partial charge on any atom is -0.494 e. The third-order valence-corrected chi connectivity index (χ3v) is 6.70. The molecule has 4 aromatic rings. The smallest absolute Gasteiger partial charge is 0.240 e. The zero-order chi connectivity index (χ0) is 24.0. The molecule has 0 atom stereocenters. The van der Waals surface area contributed by atoms with Crippen LogP contribution in [0.3, 0.4) is 0 Å². The highest BCUT2D eigenvalue weighted by molar-refractivity contribution is 7.89. The van der Waals surface area contributed by atoms with E-state index in [1.165, 1.54) is 16.6 Å². The highest BCUT2D eigenvalue weighted by Gasteiger charge is 2.15. The molecule has 34 heavy (non-hydrogen) atoms. The van der Waals surface area contributed by atoms with Gasteiger partial charge in [0.25, 0.3) is 0 Å². The summed E-state index contributed by atoms with van der Waals surface area (Å²) in [6, 6.07) is 16.9. The topological polar surface area (TPSA) is 108 Å². The van der Waals surface area contributed by atoms with Gasteiger partial charge in [-0.25, -0.2) is 13.1 Å². The van der Waals surface area contributed by atoms with Gasteiger partial charge in [-0.15, -0.1) is 15.3 Å². The zero-order valence-electron chi connectivity index (χ0n) is 18.5. The van der Waals surface area contributed by atoms with E-state index in [-0.39, 0.29) is 18.0 Å². The lowest BCUT2D eigenvalue weighted by molar-refractivity contribution is 0.305. The minimum atomic E-state index is -3.68. The second-order valence-corrected chi connectivity index (χ2v) is 9.54. The summed E-state index contributed by atoms with van der Waals surface area (Å²) in [5.74, 6) is 1.42. The van der Waals surface area contributed by atoms with E-state index in [1.54, 1.807) is 30.3 Å². The maximum Gasteiger partial charge on any atom is 0.240 e. The summed E-state index contributed by atoms with van der Waals surface area (Å²) >= 11 is 6.28. The van der Waals surface area contributed by atoms with Crippen molar-refractivity contribution in [1.82, 2.24) is 24.5 Å². The number of rotatable bonds is 11. The Balaban J connectivity index is 1.35. The monoisotopic (exact) mass is 501 g/mol. The number of sulfonamides is 1. The number of hydrogen-bond acceptors (Lipinski definition) is 7. The number of benzene rings is 2. The van der Waals surface area contributed by atoms with Crippen LogP contribution in [0.4, 0.5) is 0 Å². The lowest BCUT2D eigenvalue weighted by atomic mass is 10.2. The van der Waals surface area contributed by atoms with Gasteiger partial charge in [0.15, 0.2) is 11.5 Å². The van der Waals surface area contributed by atoms with E-state index in [1.807, 2.05) is 18.2 Å². The van der Waals surface area contributed by atoms with Crippen LogP contribution >= 0.6 is 11.6 Å². The van der Waals surface area contributed by atoms with Crippen LogP contribution < -0.4 is 14.2 Å². The molecule has 0 unspecified atom stereocenters. The molecule has 0 aliphatic heterocycles. The largest absolute Gasteiger partial charge is 0.494 e. The average Bonchev–Trinajstić information content (AvgIpc) is 3.26. The Kier molecular flexibility index (Phi) is 7.61. The molecule has 2 heterocycles. The molecule has 0 saturated heterocycles. The predicted molar refractivity (Wildman–Crippen MR) is 129 cm³/mol. The first-order chi connectivity index (χ1) is 16.5. The normalized spacial score (nSPS) is 11.6. The highest BCUT2D eigenvalue weighted by Crippen LogP contribution is 2.26. The molecule has 2 aromatic heterocycles. The molecule has 0 amide bonds. The fourth-order valence-corrected chi connectivity index (χ4v) is 4.36. The molecule has 0 spiro atoms. The number of ether oxygens (including phenoxy) is 2. The van der Waals surface area contributed by atoms with Gasteiger partial charge in [-0.1, -0.05) is 37.1 Å². The van der Waals surface area contributed by atoms with E-state index < -0.39 is 10.0 Å². The third-order valence-electron chi connectivity index (χ3n) is 4.90. The van der Waals surface area contributed by atoms with Crippen molar-refractivity contribution in [3.8, 4) is 23.0 Å². The van der Waals surface area contributed by atoms with E-state index in [2.05, 4.69) is 26.9 Å². The van der Waals surface area contributed by atoms with Gasteiger partial charge in [0.2, 0.25) is 15.9 Å². The summed E-state index contributed by atoms with van der Waals surface area (Å²) in [7, 11) is -3.68. The zero-order valence-corrected chi connectivity index (χ0v) is 20.1. The molecule has 0 saturated carbocycles. The number of unbranched alkanes of at least 4 members (excludes halogenated alkanes) is 1. The summed E-state index contributed by atoms with van der Waals surface area (Å²) in [5.41, 5.74) is 1.22. The lowest BCUT2D eigenvalue weighted by Crippen LogP contribution is -2.28. The molecule has 178 valence electrons. The van der Waals surface area contributed by atoms with Crippen molar-refractivity contribution in [1.29, 1.82) is 0 Å². The molecule has 0 aliphatic carbocycles. The van der Waals surface area contributed by atoms with Crippen LogP contribution in [0.2, 0.25) is 5.02 Å². The summed E-state index contributed by atoms with van der Waals surface area (Å²) in [4.78, 5) is 0.156. The Bertz CT molecular complexity index is 1360. The maximum atomic E-state index is 12.5. The van der Waals surface area contributed by atoms with Crippen LogP contribution in [0, 0.1) is 0 Å². The van der Waals surface area contributed by atoms with Gasteiger partial charge < -0.3 is 9.47 Å². The van der Waals surface area contributed by atoms with Crippen molar-refractivity contribution in [2.75, 3.05) is 19.8 Å². The van der Waals surface area contributed by atoms with Crippen LogP contribution in [0.1, 0.15) is 19.8 Å². The standard InChI is InChI=1S/C23H24ClN5O4S/c1-2-3-15-32-17-8-10-18(11-9-17)34(30,31)25-14-16-33-22-13-12-21-26-27-23(29(21)28-22)19-6-4-5-7-20(19)24/h4-13,25H,2-3,14-16H2,1H3. The summed E-state index contributed by atoms with van der Waals surface area (Å²) in [6.45, 7) is 2.83. The van der Waals surface area contributed by atoms with Crippen LogP contribution in [0.15, 0.2) is 65.6 Å². The van der Waals surface area contributed by atoms with Crippen molar-refractivity contribution >= 4 is 27.3 Å². The number of halogens is 1. The second-order valence-electron chi connectivity index (χ2n) is 7.36. The number of hydrogen-bond donors (Lipinski definition) is 1. The lowest BCUT2D eigenvalue weighted by Gasteiger charge is -2.10. The van der Waals surface area contributed by atoms with Crippen molar-refractivity contribution in [3.63, 3.8) is 0 Å². The number of fused-ring (bicyclic) bond motifs is 1. The van der Waals surface area contributed by atoms with Crippen LogP contribution in [0.25, 0.3) is 17.0 Å². The number of nitrogens with zero attached hydrogens (tertiary/aromatic N) is 4. The van der Waals surface area contributed by atoms with E-state index in [4.69, 9.17) is 21.1 Å². The molecule has 0 bridgehead atoms. The van der Waals surface area contributed by atoms with E-state index in [0.29, 0.717) is 40.3 Å². The molecule has 2 aromatic carbocycles. The Morgan fingerprint density at radius 3 is 2.53 bits per heavy atom. The third kappa shape index (κ3) is 5.64. The summed E-state index contributed by atoms with van der Waals surface area (Å²) in [5, 5.41) is 13.2. The number of nitrogens with one attached hydrogen (secondary N) is 1. The molecular weight excluding hydrogens is 478 g/mol. The van der Waals surface area contributed by atoms with Crippen molar-refractivity contribution in [3.05, 3.63) is 65.7 Å². The summed E-state index contributed by atoms with van der Waals surface area (Å²) in [6.07, 6.45) is 1.98. The minimum absolute atomic E-state index is 0.0658. The molecule has 0 aliphatic rings. The Hall–Kier alpha value is -3.21. The molecule has 0 radical (unpaired) electrons. The van der Waals surface area contributed by atoms with Gasteiger partial charge in [0.05, 0.1) is 16.5 Å². The SMILES string of the molecule is CCCCOc1ccc(S(=O)(=O)NCCOc2ccc3nnc(-c4ccccc4Cl)n3n2)cc1. The maximum absolute atomic E-state index is 12.5. The number of aromatic nitrogens is 4. The molecule has 4 rings (SSSR count). The first-order valence-corrected chi connectivity index (χ1v) is 12.7. The Morgan fingerprint density at radius 1 is 0.971 bits per heavy atom. The van der Waals surface area contributed by atoms with Crippen molar-refractivity contribution in [2.45, 2.75) is 24.7 Å². The average molecular weight is 502 g/mol. The van der Waals surface area contributed by atoms with Crippen molar-refractivity contribution < 1.29 is 17.9 Å². The van der Waals surface area contributed by atoms with Crippen LogP contribution in [-0.2, 0) is 10.0 Å².